The van der Waals surface area contributed by atoms with Gasteiger partial charge in [-0.2, -0.15) is 0 Å². The van der Waals surface area contributed by atoms with Crippen molar-refractivity contribution in [2.45, 2.75) is 31.2 Å². The Morgan fingerprint density at radius 1 is 1.50 bits per heavy atom. The molecule has 0 N–H and O–H groups in total. The summed E-state index contributed by atoms with van der Waals surface area (Å²) in [7, 11) is 1.80. The summed E-state index contributed by atoms with van der Waals surface area (Å²) in [4.78, 5) is 2.38. The van der Waals surface area contributed by atoms with Gasteiger partial charge >= 0.3 is 0 Å². The Bertz CT molecular complexity index is 426. The molecule has 1 aromatic carbocycles. The Morgan fingerprint density at radius 3 is 2.94 bits per heavy atom. The van der Waals surface area contributed by atoms with Crippen molar-refractivity contribution in [1.82, 2.24) is 0 Å². The van der Waals surface area contributed by atoms with Crippen molar-refractivity contribution in [2.24, 2.45) is 0 Å². The minimum absolute atomic E-state index is 0.0514. The van der Waals surface area contributed by atoms with Crippen molar-refractivity contribution in [3.63, 3.8) is 0 Å². The van der Waals surface area contributed by atoms with E-state index in [-0.39, 0.29) is 5.60 Å². The average molecular weight is 333 g/mol. The lowest BCUT2D eigenvalue weighted by molar-refractivity contribution is -0.00467. The predicted molar refractivity (Wildman–Crippen MR) is 80.6 cm³/mol. The number of hydrogen-bond acceptors (Lipinski definition) is 2. The first-order valence-corrected chi connectivity index (χ1v) is 7.55. The first-order chi connectivity index (χ1) is 8.58. The van der Waals surface area contributed by atoms with E-state index in [2.05, 4.69) is 39.9 Å². The fourth-order valence-corrected chi connectivity index (χ4v) is 3.10. The lowest BCUT2D eigenvalue weighted by Gasteiger charge is -2.41. The van der Waals surface area contributed by atoms with E-state index >= 15 is 0 Å². The summed E-state index contributed by atoms with van der Waals surface area (Å²) < 4.78 is 6.74. The van der Waals surface area contributed by atoms with E-state index in [4.69, 9.17) is 16.3 Å². The number of halogens is 2. The number of methoxy groups -OCH3 is 1. The molecule has 18 heavy (non-hydrogen) atoms. The molecule has 2 rings (SSSR count). The Balaban J connectivity index is 2.28. The first-order valence-electron chi connectivity index (χ1n) is 6.22. The third-order valence-electron chi connectivity index (χ3n) is 3.68. The summed E-state index contributed by atoms with van der Waals surface area (Å²) >= 11 is 9.57. The van der Waals surface area contributed by atoms with E-state index in [0.29, 0.717) is 5.88 Å². The standard InChI is InChI=1S/C14H19BrClNO/c1-14(18-2)6-3-7-17(10-14)13-8-12(15)5-4-11(13)9-16/h4-5,8H,3,6-7,9-10H2,1-2H3. The van der Waals surface area contributed by atoms with Crippen LogP contribution in [0.2, 0.25) is 0 Å². The first kappa shape index (κ1) is 14.2. The molecule has 1 fully saturated rings. The fourth-order valence-electron chi connectivity index (χ4n) is 2.52. The molecule has 4 heteroatoms. The Morgan fingerprint density at radius 2 is 2.28 bits per heavy atom. The van der Waals surface area contributed by atoms with Crippen molar-refractivity contribution in [3.8, 4) is 0 Å². The van der Waals surface area contributed by atoms with E-state index in [9.17, 15) is 0 Å². The molecule has 1 unspecified atom stereocenters. The highest BCUT2D eigenvalue weighted by Crippen LogP contribution is 2.32. The number of ether oxygens (including phenoxy) is 1. The quantitative estimate of drug-likeness (QED) is 0.769. The highest BCUT2D eigenvalue weighted by atomic mass is 79.9. The summed E-state index contributed by atoms with van der Waals surface area (Å²) in [5.74, 6) is 0.544. The number of benzene rings is 1. The molecule has 0 spiro atoms. The van der Waals surface area contributed by atoms with Crippen LogP contribution in [0.3, 0.4) is 0 Å². The van der Waals surface area contributed by atoms with Gasteiger partial charge in [-0.3, -0.25) is 0 Å². The Labute approximate surface area is 122 Å². The molecule has 2 nitrogen and oxygen atoms in total. The molecule has 1 aromatic rings. The predicted octanol–water partition coefficient (Wildman–Crippen LogP) is 4.19. The van der Waals surface area contributed by atoms with Crippen LogP contribution < -0.4 is 4.90 Å². The molecule has 0 aromatic heterocycles. The minimum Gasteiger partial charge on any atom is -0.377 e. The maximum absolute atomic E-state index is 6.04. The van der Waals surface area contributed by atoms with E-state index in [1.165, 1.54) is 11.3 Å². The van der Waals surface area contributed by atoms with Crippen LogP contribution in [0.1, 0.15) is 25.3 Å². The van der Waals surface area contributed by atoms with Gasteiger partial charge in [0.15, 0.2) is 0 Å². The zero-order valence-electron chi connectivity index (χ0n) is 10.9. The molecule has 1 aliphatic rings. The molecule has 1 atom stereocenters. The van der Waals surface area contributed by atoms with E-state index in [1.807, 2.05) is 6.07 Å². The SMILES string of the molecule is COC1(C)CCCN(c2cc(Br)ccc2CCl)C1. The van der Waals surface area contributed by atoms with E-state index in [1.54, 1.807) is 7.11 Å². The van der Waals surface area contributed by atoms with E-state index in [0.717, 1.165) is 30.4 Å². The highest BCUT2D eigenvalue weighted by molar-refractivity contribution is 9.10. The van der Waals surface area contributed by atoms with Crippen molar-refractivity contribution in [1.29, 1.82) is 0 Å². The van der Waals surface area contributed by atoms with Gasteiger partial charge in [0.1, 0.15) is 0 Å². The Kier molecular flexibility index (Phi) is 4.57. The number of piperidine rings is 1. The lowest BCUT2D eigenvalue weighted by atomic mass is 9.94. The van der Waals surface area contributed by atoms with Crippen molar-refractivity contribution < 1.29 is 4.74 Å². The molecule has 0 saturated carbocycles. The third-order valence-corrected chi connectivity index (χ3v) is 4.46. The highest BCUT2D eigenvalue weighted by Gasteiger charge is 2.31. The van der Waals surface area contributed by atoms with Crippen molar-refractivity contribution >= 4 is 33.2 Å². The molecular formula is C14H19BrClNO. The summed E-state index contributed by atoms with van der Waals surface area (Å²) in [5, 5.41) is 0. The summed E-state index contributed by atoms with van der Waals surface area (Å²) in [6, 6.07) is 6.28. The molecule has 0 aliphatic carbocycles. The normalized spacial score (nSPS) is 24.3. The summed E-state index contributed by atoms with van der Waals surface area (Å²) in [6.07, 6.45) is 2.27. The zero-order chi connectivity index (χ0) is 13.2. The second kappa shape index (κ2) is 5.81. The maximum Gasteiger partial charge on any atom is 0.0825 e. The number of alkyl halides is 1. The van der Waals surface area contributed by atoms with Gasteiger partial charge in [0.05, 0.1) is 5.60 Å². The van der Waals surface area contributed by atoms with Gasteiger partial charge in [-0.05, 0) is 37.5 Å². The molecule has 0 radical (unpaired) electrons. The van der Waals surface area contributed by atoms with Gasteiger partial charge in [-0.1, -0.05) is 22.0 Å². The minimum atomic E-state index is -0.0514. The molecule has 0 bridgehead atoms. The van der Waals surface area contributed by atoms with Gasteiger partial charge < -0.3 is 9.64 Å². The molecule has 0 amide bonds. The van der Waals surface area contributed by atoms with Crippen LogP contribution >= 0.6 is 27.5 Å². The number of rotatable bonds is 3. The lowest BCUT2D eigenvalue weighted by Crippen LogP contribution is -2.47. The van der Waals surface area contributed by atoms with Gasteiger partial charge in [-0.25, -0.2) is 0 Å². The van der Waals surface area contributed by atoms with Gasteiger partial charge in [0, 0.05) is 36.2 Å². The average Bonchev–Trinajstić information content (AvgIpc) is 2.39. The van der Waals surface area contributed by atoms with Crippen LogP contribution in [0.15, 0.2) is 22.7 Å². The van der Waals surface area contributed by atoms with Crippen LogP contribution in [-0.2, 0) is 10.6 Å². The largest absolute Gasteiger partial charge is 0.377 e. The van der Waals surface area contributed by atoms with Crippen molar-refractivity contribution in [3.05, 3.63) is 28.2 Å². The number of hydrogen-bond donors (Lipinski definition) is 0. The second-order valence-corrected chi connectivity index (χ2v) is 6.27. The third kappa shape index (κ3) is 3.01. The summed E-state index contributed by atoms with van der Waals surface area (Å²) in [6.45, 7) is 4.17. The monoisotopic (exact) mass is 331 g/mol. The van der Waals surface area contributed by atoms with Crippen LogP contribution in [0.5, 0.6) is 0 Å². The van der Waals surface area contributed by atoms with Crippen molar-refractivity contribution in [2.75, 3.05) is 25.1 Å². The smallest absolute Gasteiger partial charge is 0.0825 e. The molecular weight excluding hydrogens is 314 g/mol. The molecule has 1 saturated heterocycles. The van der Waals surface area contributed by atoms with Crippen LogP contribution in [0.25, 0.3) is 0 Å². The van der Waals surface area contributed by atoms with Gasteiger partial charge in [-0.15, -0.1) is 11.6 Å². The van der Waals surface area contributed by atoms with Gasteiger partial charge in [0.25, 0.3) is 0 Å². The molecule has 1 heterocycles. The Hall–Kier alpha value is -0.250. The topological polar surface area (TPSA) is 12.5 Å². The second-order valence-electron chi connectivity index (χ2n) is 5.09. The number of nitrogens with zero attached hydrogens (tertiary/aromatic N) is 1. The van der Waals surface area contributed by atoms with Gasteiger partial charge in [0.2, 0.25) is 0 Å². The van der Waals surface area contributed by atoms with Crippen LogP contribution in [-0.4, -0.2) is 25.8 Å². The maximum atomic E-state index is 6.04. The number of anilines is 1. The van der Waals surface area contributed by atoms with E-state index < -0.39 is 0 Å². The zero-order valence-corrected chi connectivity index (χ0v) is 13.2. The summed E-state index contributed by atoms with van der Waals surface area (Å²) in [5.41, 5.74) is 2.35. The molecule has 100 valence electrons. The molecule has 1 aliphatic heterocycles. The fraction of sp³-hybridized carbons (Fsp3) is 0.571. The van der Waals surface area contributed by atoms with Crippen LogP contribution in [0.4, 0.5) is 5.69 Å². The van der Waals surface area contributed by atoms with Crippen LogP contribution in [0, 0.1) is 0 Å².